The molecule has 3 nitrogen and oxygen atoms in total. The number of carbonyl (C=O) groups excluding carboxylic acids is 1. The van der Waals surface area contributed by atoms with E-state index in [1.54, 1.807) is 13.8 Å². The van der Waals surface area contributed by atoms with Crippen molar-refractivity contribution in [1.29, 1.82) is 0 Å². The third kappa shape index (κ3) is 6.25. The average molecular weight is 311 g/mol. The number of rotatable bonds is 4. The van der Waals surface area contributed by atoms with Crippen LogP contribution in [0.4, 0.5) is 13.2 Å². The summed E-state index contributed by atoms with van der Waals surface area (Å²) in [5.41, 5.74) is 4.26. The molecular weight excluding hydrogens is 293 g/mol. The molecule has 0 radical (unpaired) electrons. The van der Waals surface area contributed by atoms with E-state index in [0.717, 1.165) is 6.07 Å². The summed E-state index contributed by atoms with van der Waals surface area (Å²) in [7, 11) is 0. The summed E-state index contributed by atoms with van der Waals surface area (Å²) in [6, 6.07) is 5.05. The summed E-state index contributed by atoms with van der Waals surface area (Å²) in [5.74, 6) is -0.477. The highest BCUT2D eigenvalue weighted by Crippen LogP contribution is 2.31. The zero-order chi connectivity index (χ0) is 14.7. The second-order valence-electron chi connectivity index (χ2n) is 5.10. The van der Waals surface area contributed by atoms with E-state index in [0.29, 0.717) is 0 Å². The number of carbonyl (C=O) groups is 1. The lowest BCUT2D eigenvalue weighted by Gasteiger charge is -2.19. The molecule has 0 saturated heterocycles. The molecule has 0 unspecified atom stereocenters. The van der Waals surface area contributed by atoms with Crippen LogP contribution in [-0.4, -0.2) is 18.0 Å². The van der Waals surface area contributed by atoms with Crippen molar-refractivity contribution in [2.24, 2.45) is 5.73 Å². The molecule has 0 aliphatic carbocycles. The highest BCUT2D eigenvalue weighted by atomic mass is 35.5. The predicted octanol–water partition coefficient (Wildman–Crippen LogP) is 2.52. The van der Waals surface area contributed by atoms with Gasteiger partial charge in [-0.2, -0.15) is 13.2 Å². The molecule has 0 bridgehead atoms. The Bertz CT molecular complexity index is 456. The van der Waals surface area contributed by atoms with Crippen molar-refractivity contribution in [2.75, 3.05) is 6.54 Å². The second kappa shape index (κ2) is 6.95. The Labute approximate surface area is 122 Å². The third-order valence-corrected chi connectivity index (χ3v) is 2.41. The lowest BCUT2D eigenvalue weighted by Crippen LogP contribution is -2.45. The Morgan fingerprint density at radius 3 is 2.30 bits per heavy atom. The summed E-state index contributed by atoms with van der Waals surface area (Å²) >= 11 is 0. The molecule has 0 spiro atoms. The topological polar surface area (TPSA) is 55.1 Å². The minimum absolute atomic E-state index is 0. The minimum Gasteiger partial charge on any atom is -0.354 e. The Morgan fingerprint density at radius 1 is 1.25 bits per heavy atom. The summed E-state index contributed by atoms with van der Waals surface area (Å²) in [6.45, 7) is 3.65. The lowest BCUT2D eigenvalue weighted by atomic mass is 10.0. The van der Waals surface area contributed by atoms with Crippen molar-refractivity contribution in [2.45, 2.75) is 32.0 Å². The van der Waals surface area contributed by atoms with Crippen LogP contribution in [0.5, 0.6) is 0 Å². The lowest BCUT2D eigenvalue weighted by molar-refractivity contribution is -0.138. The molecule has 0 aliphatic rings. The third-order valence-electron chi connectivity index (χ3n) is 2.41. The predicted molar refractivity (Wildman–Crippen MR) is 73.7 cm³/mol. The molecule has 3 N–H and O–H groups in total. The van der Waals surface area contributed by atoms with Crippen molar-refractivity contribution in [1.82, 2.24) is 5.32 Å². The molecule has 0 fully saturated rings. The van der Waals surface area contributed by atoms with Crippen molar-refractivity contribution < 1.29 is 18.0 Å². The SMILES string of the molecule is CC(C)(N)CNC(=O)Cc1ccccc1C(F)(F)F.Cl. The fourth-order valence-corrected chi connectivity index (χ4v) is 1.51. The van der Waals surface area contributed by atoms with Gasteiger partial charge in [-0.3, -0.25) is 4.79 Å². The number of halogens is 4. The number of hydrogen-bond donors (Lipinski definition) is 2. The van der Waals surface area contributed by atoms with Gasteiger partial charge in [-0.25, -0.2) is 0 Å². The molecule has 0 aliphatic heterocycles. The van der Waals surface area contributed by atoms with E-state index in [9.17, 15) is 18.0 Å². The van der Waals surface area contributed by atoms with Crippen LogP contribution in [0.15, 0.2) is 24.3 Å². The van der Waals surface area contributed by atoms with E-state index in [4.69, 9.17) is 5.73 Å². The summed E-state index contributed by atoms with van der Waals surface area (Å²) in [5, 5.41) is 2.52. The van der Waals surface area contributed by atoms with Crippen LogP contribution in [0, 0.1) is 0 Å². The van der Waals surface area contributed by atoms with Crippen molar-refractivity contribution in [3.05, 3.63) is 35.4 Å². The van der Waals surface area contributed by atoms with Gasteiger partial charge in [0.15, 0.2) is 0 Å². The molecule has 114 valence electrons. The summed E-state index contributed by atoms with van der Waals surface area (Å²) < 4.78 is 38.2. The Balaban J connectivity index is 0.00000361. The van der Waals surface area contributed by atoms with E-state index in [1.807, 2.05) is 0 Å². The first-order valence-corrected chi connectivity index (χ1v) is 5.80. The Morgan fingerprint density at radius 2 is 1.80 bits per heavy atom. The van der Waals surface area contributed by atoms with Gasteiger partial charge in [-0.05, 0) is 25.5 Å². The van der Waals surface area contributed by atoms with E-state index in [1.165, 1.54) is 18.2 Å². The molecule has 1 amide bonds. The van der Waals surface area contributed by atoms with E-state index in [2.05, 4.69) is 5.32 Å². The highest BCUT2D eigenvalue weighted by Gasteiger charge is 2.33. The van der Waals surface area contributed by atoms with Crippen LogP contribution in [0.25, 0.3) is 0 Å². The maximum absolute atomic E-state index is 12.7. The Hall–Kier alpha value is -1.27. The van der Waals surface area contributed by atoms with Gasteiger partial charge < -0.3 is 11.1 Å². The van der Waals surface area contributed by atoms with Crippen LogP contribution in [-0.2, 0) is 17.4 Å². The van der Waals surface area contributed by atoms with Crippen LogP contribution < -0.4 is 11.1 Å². The number of hydrogen-bond acceptors (Lipinski definition) is 2. The maximum atomic E-state index is 12.7. The molecule has 1 rings (SSSR count). The summed E-state index contributed by atoms with van der Waals surface area (Å²) in [4.78, 5) is 11.6. The monoisotopic (exact) mass is 310 g/mol. The molecule has 1 aromatic carbocycles. The first-order chi connectivity index (χ1) is 8.59. The first kappa shape index (κ1) is 18.7. The number of nitrogens with two attached hydrogens (primary N) is 1. The molecule has 0 heterocycles. The van der Waals surface area contributed by atoms with E-state index >= 15 is 0 Å². The van der Waals surface area contributed by atoms with Crippen molar-refractivity contribution in [3.63, 3.8) is 0 Å². The van der Waals surface area contributed by atoms with Crippen molar-refractivity contribution >= 4 is 18.3 Å². The molecule has 0 aromatic heterocycles. The molecule has 20 heavy (non-hydrogen) atoms. The average Bonchev–Trinajstić information content (AvgIpc) is 2.25. The molecular formula is C13H18ClF3N2O. The minimum atomic E-state index is -4.45. The fraction of sp³-hybridized carbons (Fsp3) is 0.462. The number of alkyl halides is 3. The van der Waals surface area contributed by atoms with Gasteiger partial charge >= 0.3 is 6.18 Å². The van der Waals surface area contributed by atoms with Gasteiger partial charge in [0.25, 0.3) is 0 Å². The molecule has 0 saturated carbocycles. The number of nitrogens with one attached hydrogen (secondary N) is 1. The van der Waals surface area contributed by atoms with Crippen LogP contribution in [0.2, 0.25) is 0 Å². The zero-order valence-electron chi connectivity index (χ0n) is 11.3. The first-order valence-electron chi connectivity index (χ1n) is 5.80. The molecule has 7 heteroatoms. The van der Waals surface area contributed by atoms with Gasteiger partial charge in [0.2, 0.25) is 5.91 Å². The highest BCUT2D eigenvalue weighted by molar-refractivity contribution is 5.85. The Kier molecular flexibility index (Phi) is 6.50. The van der Waals surface area contributed by atoms with E-state index in [-0.39, 0.29) is 30.9 Å². The van der Waals surface area contributed by atoms with Gasteiger partial charge in [0.05, 0.1) is 12.0 Å². The van der Waals surface area contributed by atoms with Crippen LogP contribution in [0.1, 0.15) is 25.0 Å². The fourth-order valence-electron chi connectivity index (χ4n) is 1.51. The zero-order valence-corrected chi connectivity index (χ0v) is 12.1. The normalized spacial score (nSPS) is 11.7. The largest absolute Gasteiger partial charge is 0.416 e. The number of benzene rings is 1. The van der Waals surface area contributed by atoms with Crippen LogP contribution >= 0.6 is 12.4 Å². The van der Waals surface area contributed by atoms with Gasteiger partial charge in [-0.15, -0.1) is 12.4 Å². The quantitative estimate of drug-likeness (QED) is 0.898. The van der Waals surface area contributed by atoms with Crippen molar-refractivity contribution in [3.8, 4) is 0 Å². The molecule has 0 atom stereocenters. The smallest absolute Gasteiger partial charge is 0.354 e. The van der Waals surface area contributed by atoms with Gasteiger partial charge in [-0.1, -0.05) is 18.2 Å². The number of amides is 1. The van der Waals surface area contributed by atoms with Gasteiger partial charge in [0.1, 0.15) is 0 Å². The van der Waals surface area contributed by atoms with Gasteiger partial charge in [0, 0.05) is 12.1 Å². The van der Waals surface area contributed by atoms with E-state index < -0.39 is 23.2 Å². The standard InChI is InChI=1S/C13H17F3N2O.ClH/c1-12(2,17)8-18-11(19)7-9-5-3-4-6-10(9)13(14,15)16;/h3-6H,7-8,17H2,1-2H3,(H,18,19);1H. The van der Waals surface area contributed by atoms with Crippen LogP contribution in [0.3, 0.4) is 0 Å². The maximum Gasteiger partial charge on any atom is 0.416 e. The summed E-state index contributed by atoms with van der Waals surface area (Å²) in [6.07, 6.45) is -4.77. The molecule has 1 aromatic rings. The second-order valence-corrected chi connectivity index (χ2v) is 5.10.